The molecule has 0 bridgehead atoms. The predicted octanol–water partition coefficient (Wildman–Crippen LogP) is 2.26. The van der Waals surface area contributed by atoms with Gasteiger partial charge in [0.15, 0.2) is 11.5 Å². The number of methoxy groups -OCH3 is 2. The van der Waals surface area contributed by atoms with Crippen LogP contribution in [-0.4, -0.2) is 37.7 Å². The first-order valence-corrected chi connectivity index (χ1v) is 9.64. The van der Waals surface area contributed by atoms with Crippen LogP contribution in [-0.2, 0) is 9.59 Å². The summed E-state index contributed by atoms with van der Waals surface area (Å²) in [5, 5.41) is 5.48. The maximum Gasteiger partial charge on any atom is 0.285 e. The summed E-state index contributed by atoms with van der Waals surface area (Å²) in [6, 6.07) is 10.3. The normalized spacial score (nSPS) is 13.4. The molecule has 2 aromatic rings. The maximum atomic E-state index is 12.6. The van der Waals surface area contributed by atoms with Gasteiger partial charge in [0.05, 0.1) is 19.9 Å². The van der Waals surface area contributed by atoms with Gasteiger partial charge in [0.1, 0.15) is 5.71 Å². The SMILES string of the molecule is COc1ccc(C(=O)NNC(=O)C2=NN(c3cc(C)ccc3C)C(=O)CC2)cc1OC. The molecular formula is C22H24N4O5. The number of hydrazine groups is 1. The minimum atomic E-state index is -0.586. The van der Waals surface area contributed by atoms with E-state index in [1.165, 1.54) is 25.3 Å². The molecule has 3 rings (SSSR count). The van der Waals surface area contributed by atoms with E-state index in [9.17, 15) is 14.4 Å². The van der Waals surface area contributed by atoms with Crippen molar-refractivity contribution in [3.8, 4) is 11.5 Å². The topological polar surface area (TPSA) is 109 Å². The predicted molar refractivity (Wildman–Crippen MR) is 115 cm³/mol. The summed E-state index contributed by atoms with van der Waals surface area (Å²) in [7, 11) is 2.96. The molecule has 1 aliphatic heterocycles. The number of nitrogens with zero attached hydrogens (tertiary/aromatic N) is 2. The fraction of sp³-hybridized carbons (Fsp3) is 0.273. The van der Waals surface area contributed by atoms with Crippen LogP contribution < -0.4 is 25.3 Å². The molecule has 0 unspecified atom stereocenters. The summed E-state index contributed by atoms with van der Waals surface area (Å²) < 4.78 is 10.3. The van der Waals surface area contributed by atoms with Crippen LogP contribution in [0.25, 0.3) is 0 Å². The second-order valence-electron chi connectivity index (χ2n) is 7.02. The number of amides is 3. The van der Waals surface area contributed by atoms with Crippen LogP contribution in [0.15, 0.2) is 41.5 Å². The fourth-order valence-electron chi connectivity index (χ4n) is 3.09. The number of hydrazone groups is 1. The number of nitrogens with one attached hydrogen (secondary N) is 2. The van der Waals surface area contributed by atoms with Gasteiger partial charge < -0.3 is 9.47 Å². The van der Waals surface area contributed by atoms with Crippen LogP contribution in [0.2, 0.25) is 0 Å². The van der Waals surface area contributed by atoms with Crippen LogP contribution in [0.3, 0.4) is 0 Å². The highest BCUT2D eigenvalue weighted by atomic mass is 16.5. The van der Waals surface area contributed by atoms with Crippen LogP contribution in [0.1, 0.15) is 34.3 Å². The third-order valence-electron chi connectivity index (χ3n) is 4.82. The molecule has 31 heavy (non-hydrogen) atoms. The average Bonchev–Trinajstić information content (AvgIpc) is 2.78. The van der Waals surface area contributed by atoms with E-state index >= 15 is 0 Å². The maximum absolute atomic E-state index is 12.6. The van der Waals surface area contributed by atoms with Gasteiger partial charge in [-0.25, -0.2) is 5.01 Å². The van der Waals surface area contributed by atoms with Crippen molar-refractivity contribution in [3.05, 3.63) is 53.1 Å². The molecule has 0 fully saturated rings. The Balaban J connectivity index is 1.72. The Labute approximate surface area is 180 Å². The second-order valence-corrected chi connectivity index (χ2v) is 7.02. The number of aryl methyl sites for hydroxylation is 2. The van der Waals surface area contributed by atoms with Gasteiger partial charge in [0.2, 0.25) is 5.91 Å². The first-order valence-electron chi connectivity index (χ1n) is 9.64. The third kappa shape index (κ3) is 4.82. The zero-order valence-electron chi connectivity index (χ0n) is 17.8. The van der Waals surface area contributed by atoms with Crippen molar-refractivity contribution in [2.24, 2.45) is 5.10 Å². The van der Waals surface area contributed by atoms with Crippen LogP contribution in [0.5, 0.6) is 11.5 Å². The summed E-state index contributed by atoms with van der Waals surface area (Å²) in [6.07, 6.45) is 0.321. The van der Waals surface area contributed by atoms with Gasteiger partial charge >= 0.3 is 0 Å². The Kier molecular flexibility index (Phi) is 6.54. The lowest BCUT2D eigenvalue weighted by Gasteiger charge is -2.24. The van der Waals surface area contributed by atoms with Crippen molar-refractivity contribution in [1.82, 2.24) is 10.9 Å². The molecule has 9 nitrogen and oxygen atoms in total. The van der Waals surface area contributed by atoms with Crippen molar-refractivity contribution in [2.45, 2.75) is 26.7 Å². The highest BCUT2D eigenvalue weighted by Crippen LogP contribution is 2.27. The molecule has 2 aromatic carbocycles. The number of carbonyl (C=O) groups excluding carboxylic acids is 3. The molecule has 0 aliphatic carbocycles. The van der Waals surface area contributed by atoms with E-state index in [1.807, 2.05) is 32.0 Å². The van der Waals surface area contributed by atoms with Crippen molar-refractivity contribution in [2.75, 3.05) is 19.2 Å². The molecule has 0 atom stereocenters. The summed E-state index contributed by atoms with van der Waals surface area (Å²) in [5.41, 5.74) is 7.59. The van der Waals surface area contributed by atoms with E-state index < -0.39 is 11.8 Å². The number of anilines is 1. The van der Waals surface area contributed by atoms with E-state index in [4.69, 9.17) is 9.47 Å². The number of rotatable bonds is 5. The smallest absolute Gasteiger partial charge is 0.285 e. The van der Waals surface area contributed by atoms with Crippen LogP contribution in [0, 0.1) is 13.8 Å². The van der Waals surface area contributed by atoms with Crippen LogP contribution >= 0.6 is 0 Å². The lowest BCUT2D eigenvalue weighted by molar-refractivity contribution is -0.119. The molecule has 0 aromatic heterocycles. The molecule has 0 radical (unpaired) electrons. The van der Waals surface area contributed by atoms with Gasteiger partial charge in [-0.1, -0.05) is 12.1 Å². The van der Waals surface area contributed by atoms with Crippen molar-refractivity contribution >= 4 is 29.1 Å². The molecule has 0 saturated heterocycles. The molecule has 2 N–H and O–H groups in total. The van der Waals surface area contributed by atoms with Gasteiger partial charge in [0, 0.05) is 18.4 Å². The quantitative estimate of drug-likeness (QED) is 0.716. The highest BCUT2D eigenvalue weighted by molar-refractivity contribution is 6.40. The van der Waals surface area contributed by atoms with Crippen LogP contribution in [0.4, 0.5) is 5.69 Å². The van der Waals surface area contributed by atoms with E-state index in [-0.39, 0.29) is 30.0 Å². The molecule has 9 heteroatoms. The molecule has 1 aliphatic rings. The summed E-state index contributed by atoms with van der Waals surface area (Å²) in [6.45, 7) is 3.79. The Morgan fingerprint density at radius 1 is 0.935 bits per heavy atom. The highest BCUT2D eigenvalue weighted by Gasteiger charge is 2.27. The average molecular weight is 424 g/mol. The first kappa shape index (κ1) is 21.8. The Hall–Kier alpha value is -3.88. The molecule has 0 spiro atoms. The lowest BCUT2D eigenvalue weighted by Crippen LogP contribution is -2.47. The number of hydrogen-bond acceptors (Lipinski definition) is 6. The van der Waals surface area contributed by atoms with Gasteiger partial charge in [-0.2, -0.15) is 5.10 Å². The summed E-state index contributed by atoms with van der Waals surface area (Å²) >= 11 is 0. The lowest BCUT2D eigenvalue weighted by atomic mass is 10.1. The van der Waals surface area contributed by atoms with Crippen molar-refractivity contribution < 1.29 is 23.9 Å². The first-order chi connectivity index (χ1) is 14.8. The Morgan fingerprint density at radius 3 is 2.35 bits per heavy atom. The zero-order chi connectivity index (χ0) is 22.5. The third-order valence-corrected chi connectivity index (χ3v) is 4.82. The minimum Gasteiger partial charge on any atom is -0.493 e. The minimum absolute atomic E-state index is 0.142. The number of hydrogen-bond donors (Lipinski definition) is 2. The number of benzene rings is 2. The molecule has 3 amide bonds. The van der Waals surface area contributed by atoms with Crippen molar-refractivity contribution in [3.63, 3.8) is 0 Å². The standard InChI is InChI=1S/C22H24N4O5/c1-13-5-6-14(2)17(11-13)26-20(27)10-8-16(25-26)22(29)24-23-21(28)15-7-9-18(30-3)19(12-15)31-4/h5-7,9,11-12H,8,10H2,1-4H3,(H,23,28)(H,24,29). The van der Waals surface area contributed by atoms with E-state index in [1.54, 1.807) is 12.1 Å². The fourth-order valence-corrected chi connectivity index (χ4v) is 3.09. The Morgan fingerprint density at radius 2 is 1.65 bits per heavy atom. The van der Waals surface area contributed by atoms with Crippen molar-refractivity contribution in [1.29, 1.82) is 0 Å². The largest absolute Gasteiger partial charge is 0.493 e. The van der Waals surface area contributed by atoms with Gasteiger partial charge in [-0.15, -0.1) is 0 Å². The molecule has 0 saturated carbocycles. The Bertz CT molecular complexity index is 1060. The van der Waals surface area contributed by atoms with Gasteiger partial charge in [0.25, 0.3) is 11.8 Å². The molecule has 1 heterocycles. The van der Waals surface area contributed by atoms with Gasteiger partial charge in [-0.05, 0) is 49.2 Å². The molecule has 162 valence electrons. The zero-order valence-corrected chi connectivity index (χ0v) is 17.8. The van der Waals surface area contributed by atoms with E-state index in [2.05, 4.69) is 16.0 Å². The van der Waals surface area contributed by atoms with E-state index in [0.29, 0.717) is 17.2 Å². The molecular weight excluding hydrogens is 400 g/mol. The monoisotopic (exact) mass is 424 g/mol. The number of ether oxygens (including phenoxy) is 2. The summed E-state index contributed by atoms with van der Waals surface area (Å²) in [5.74, 6) is -0.443. The summed E-state index contributed by atoms with van der Waals surface area (Å²) in [4.78, 5) is 37.3. The second kappa shape index (κ2) is 9.29. The van der Waals surface area contributed by atoms with Gasteiger partial charge in [-0.3, -0.25) is 25.2 Å². The number of carbonyl (C=O) groups is 3. The van der Waals surface area contributed by atoms with E-state index in [0.717, 1.165) is 11.1 Å².